The number of carbonyl (C=O) groups is 1. The van der Waals surface area contributed by atoms with Crippen LogP contribution in [0.15, 0.2) is 35.3 Å². The Balaban J connectivity index is 0.00000288. The molecule has 1 aromatic carbocycles. The number of methoxy groups -OCH3 is 1. The Kier molecular flexibility index (Phi) is 9.75. The Morgan fingerprint density at radius 2 is 1.96 bits per heavy atom. The van der Waals surface area contributed by atoms with E-state index in [0.717, 1.165) is 51.4 Å². The van der Waals surface area contributed by atoms with Crippen molar-refractivity contribution in [3.05, 3.63) is 35.9 Å². The van der Waals surface area contributed by atoms with Crippen molar-refractivity contribution in [1.29, 1.82) is 0 Å². The zero-order valence-electron chi connectivity index (χ0n) is 14.5. The quantitative estimate of drug-likeness (QED) is 0.328. The topological polar surface area (TPSA) is 53.9 Å². The van der Waals surface area contributed by atoms with E-state index in [1.54, 1.807) is 0 Å². The maximum absolute atomic E-state index is 11.6. The molecule has 0 atom stereocenters. The number of hydrogen-bond donors (Lipinski definition) is 1. The first-order chi connectivity index (χ1) is 11.2. The molecule has 0 unspecified atom stereocenters. The normalized spacial score (nSPS) is 15.6. The average Bonchev–Trinajstić information content (AvgIpc) is 2.61. The van der Waals surface area contributed by atoms with Crippen molar-refractivity contribution in [2.45, 2.75) is 26.2 Å². The predicted octanol–water partition coefficient (Wildman–Crippen LogP) is 2.70. The fraction of sp³-hybridized carbons (Fsp3) is 0.556. The van der Waals surface area contributed by atoms with Gasteiger partial charge in [0.05, 0.1) is 13.0 Å². The second-order valence-corrected chi connectivity index (χ2v) is 5.76. The standard InChI is InChI=1S/C18H27N3O2.HI/c1-3-19-18(20-12-9-15-7-5-4-6-8-15)21-13-10-16(11-14-21)17(22)23-2;/h4-8,16H,3,9-14H2,1-2H3,(H,19,20);1H. The van der Waals surface area contributed by atoms with Crippen molar-refractivity contribution in [3.63, 3.8) is 0 Å². The highest BCUT2D eigenvalue weighted by Gasteiger charge is 2.26. The molecule has 1 aliphatic heterocycles. The monoisotopic (exact) mass is 445 g/mol. The number of piperidine rings is 1. The van der Waals surface area contributed by atoms with Gasteiger partial charge in [-0.25, -0.2) is 0 Å². The number of guanidine groups is 1. The van der Waals surface area contributed by atoms with E-state index < -0.39 is 0 Å². The molecule has 1 N–H and O–H groups in total. The number of nitrogens with zero attached hydrogens (tertiary/aromatic N) is 2. The molecule has 0 amide bonds. The number of halogens is 1. The van der Waals surface area contributed by atoms with Crippen LogP contribution >= 0.6 is 24.0 Å². The number of aliphatic imine (C=N–C) groups is 1. The van der Waals surface area contributed by atoms with E-state index in [2.05, 4.69) is 41.4 Å². The van der Waals surface area contributed by atoms with Gasteiger partial charge in [0.15, 0.2) is 5.96 Å². The molecule has 0 aromatic heterocycles. The van der Waals surface area contributed by atoms with E-state index in [9.17, 15) is 4.79 Å². The second kappa shape index (κ2) is 11.3. The lowest BCUT2D eigenvalue weighted by Gasteiger charge is -2.33. The first kappa shape index (κ1) is 20.7. The van der Waals surface area contributed by atoms with Crippen LogP contribution in [0.3, 0.4) is 0 Å². The highest BCUT2D eigenvalue weighted by atomic mass is 127. The first-order valence-electron chi connectivity index (χ1n) is 8.39. The van der Waals surface area contributed by atoms with Crippen LogP contribution in [0.25, 0.3) is 0 Å². The molecule has 5 nitrogen and oxygen atoms in total. The molecule has 24 heavy (non-hydrogen) atoms. The van der Waals surface area contributed by atoms with Gasteiger partial charge in [0.2, 0.25) is 0 Å². The van der Waals surface area contributed by atoms with Crippen LogP contribution in [0.5, 0.6) is 0 Å². The fourth-order valence-corrected chi connectivity index (χ4v) is 2.86. The summed E-state index contributed by atoms with van der Waals surface area (Å²) >= 11 is 0. The van der Waals surface area contributed by atoms with E-state index in [1.807, 2.05) is 6.07 Å². The van der Waals surface area contributed by atoms with Crippen LogP contribution in [-0.2, 0) is 16.0 Å². The van der Waals surface area contributed by atoms with Gasteiger partial charge < -0.3 is 15.0 Å². The largest absolute Gasteiger partial charge is 0.469 e. The highest BCUT2D eigenvalue weighted by Crippen LogP contribution is 2.18. The Labute approximate surface area is 161 Å². The molecule has 0 spiro atoms. The van der Waals surface area contributed by atoms with Gasteiger partial charge in [0, 0.05) is 26.2 Å². The summed E-state index contributed by atoms with van der Waals surface area (Å²) in [6.45, 7) is 5.38. The molecule has 2 rings (SSSR count). The molecule has 1 aromatic rings. The number of hydrogen-bond acceptors (Lipinski definition) is 3. The summed E-state index contributed by atoms with van der Waals surface area (Å²) in [5.41, 5.74) is 1.30. The molecule has 1 saturated heterocycles. The third-order valence-corrected chi connectivity index (χ3v) is 4.17. The average molecular weight is 445 g/mol. The van der Waals surface area contributed by atoms with Gasteiger partial charge >= 0.3 is 5.97 Å². The van der Waals surface area contributed by atoms with E-state index in [-0.39, 0.29) is 35.9 Å². The Bertz CT molecular complexity index is 514. The van der Waals surface area contributed by atoms with Gasteiger partial charge in [-0.2, -0.15) is 0 Å². The Morgan fingerprint density at radius 1 is 1.29 bits per heavy atom. The van der Waals surface area contributed by atoms with Crippen LogP contribution in [0.2, 0.25) is 0 Å². The van der Waals surface area contributed by atoms with E-state index in [1.165, 1.54) is 12.7 Å². The maximum atomic E-state index is 11.6. The first-order valence-corrected chi connectivity index (χ1v) is 8.39. The third-order valence-electron chi connectivity index (χ3n) is 4.17. The SMILES string of the molecule is CCNC(=NCCc1ccccc1)N1CCC(C(=O)OC)CC1.I. The Morgan fingerprint density at radius 3 is 2.54 bits per heavy atom. The number of carbonyl (C=O) groups excluding carboxylic acids is 1. The molecule has 0 aliphatic carbocycles. The van der Waals surface area contributed by atoms with Gasteiger partial charge in [-0.05, 0) is 31.7 Å². The van der Waals surface area contributed by atoms with E-state index in [4.69, 9.17) is 9.73 Å². The summed E-state index contributed by atoms with van der Waals surface area (Å²) in [4.78, 5) is 18.6. The van der Waals surface area contributed by atoms with Crippen LogP contribution in [0, 0.1) is 5.92 Å². The summed E-state index contributed by atoms with van der Waals surface area (Å²) in [6, 6.07) is 10.4. The van der Waals surface area contributed by atoms with Crippen LogP contribution in [0.1, 0.15) is 25.3 Å². The summed E-state index contributed by atoms with van der Waals surface area (Å²) in [6.07, 6.45) is 2.60. The summed E-state index contributed by atoms with van der Waals surface area (Å²) in [7, 11) is 1.46. The number of esters is 1. The lowest BCUT2D eigenvalue weighted by molar-refractivity contribution is -0.146. The zero-order chi connectivity index (χ0) is 16.5. The van der Waals surface area contributed by atoms with Gasteiger partial charge in [-0.1, -0.05) is 30.3 Å². The van der Waals surface area contributed by atoms with Gasteiger partial charge in [0.25, 0.3) is 0 Å². The molecule has 1 aliphatic rings. The van der Waals surface area contributed by atoms with Crippen LogP contribution in [-0.4, -0.2) is 50.1 Å². The maximum Gasteiger partial charge on any atom is 0.308 e. The number of likely N-dealkylation sites (tertiary alicyclic amines) is 1. The molecule has 0 radical (unpaired) electrons. The molecule has 1 heterocycles. The van der Waals surface area contributed by atoms with E-state index in [0.29, 0.717) is 0 Å². The van der Waals surface area contributed by atoms with Gasteiger partial charge in [-0.3, -0.25) is 9.79 Å². The lowest BCUT2D eigenvalue weighted by Crippen LogP contribution is -2.46. The number of benzene rings is 1. The van der Waals surface area contributed by atoms with Crippen molar-refractivity contribution < 1.29 is 9.53 Å². The third kappa shape index (κ3) is 6.30. The minimum Gasteiger partial charge on any atom is -0.469 e. The number of rotatable bonds is 5. The van der Waals surface area contributed by atoms with Crippen molar-refractivity contribution >= 4 is 35.9 Å². The van der Waals surface area contributed by atoms with E-state index >= 15 is 0 Å². The van der Waals surface area contributed by atoms with Crippen molar-refractivity contribution in [3.8, 4) is 0 Å². The minimum atomic E-state index is -0.0873. The predicted molar refractivity (Wildman–Crippen MR) is 108 cm³/mol. The van der Waals surface area contributed by atoms with Crippen molar-refractivity contribution in [1.82, 2.24) is 10.2 Å². The van der Waals surface area contributed by atoms with Crippen LogP contribution in [0.4, 0.5) is 0 Å². The molecule has 0 bridgehead atoms. The fourth-order valence-electron chi connectivity index (χ4n) is 2.86. The molecular formula is C18H28IN3O2. The summed E-state index contributed by atoms with van der Waals surface area (Å²) in [5, 5.41) is 3.36. The van der Waals surface area contributed by atoms with Crippen molar-refractivity contribution in [2.75, 3.05) is 33.3 Å². The Hall–Kier alpha value is -1.31. The molecule has 6 heteroatoms. The second-order valence-electron chi connectivity index (χ2n) is 5.76. The molecule has 0 saturated carbocycles. The number of nitrogens with one attached hydrogen (secondary N) is 1. The smallest absolute Gasteiger partial charge is 0.308 e. The van der Waals surface area contributed by atoms with Gasteiger partial charge in [0.1, 0.15) is 0 Å². The summed E-state index contributed by atoms with van der Waals surface area (Å²) in [5.74, 6) is 0.894. The minimum absolute atomic E-state index is 0. The van der Waals surface area contributed by atoms with Crippen molar-refractivity contribution in [2.24, 2.45) is 10.9 Å². The summed E-state index contributed by atoms with van der Waals surface area (Å²) < 4.78 is 4.84. The molecular weight excluding hydrogens is 417 g/mol. The number of ether oxygens (including phenoxy) is 1. The lowest BCUT2D eigenvalue weighted by atomic mass is 9.97. The van der Waals surface area contributed by atoms with Crippen LogP contribution < -0.4 is 5.32 Å². The molecule has 1 fully saturated rings. The zero-order valence-corrected chi connectivity index (χ0v) is 16.9. The van der Waals surface area contributed by atoms with Gasteiger partial charge in [-0.15, -0.1) is 24.0 Å². The highest BCUT2D eigenvalue weighted by molar-refractivity contribution is 14.0. The molecule has 134 valence electrons.